The molecule has 0 aliphatic carbocycles. The zero-order valence-electron chi connectivity index (χ0n) is 10.3. The summed E-state index contributed by atoms with van der Waals surface area (Å²) in [4.78, 5) is 12.0. The largest absolute Gasteiger partial charge is 0.322 e. The molecule has 0 aliphatic heterocycles. The molecule has 0 atom stereocenters. The summed E-state index contributed by atoms with van der Waals surface area (Å²) in [5.41, 5.74) is 0.758. The fourth-order valence-corrected chi connectivity index (χ4v) is 2.61. The maximum Gasteiger partial charge on any atom is 0.261 e. The summed E-state index contributed by atoms with van der Waals surface area (Å²) < 4.78 is 22.2. The highest BCUT2D eigenvalue weighted by Gasteiger charge is 2.11. The van der Waals surface area contributed by atoms with E-state index in [1.807, 2.05) is 0 Å². The Morgan fingerprint density at radius 3 is 2.10 bits per heavy atom. The molecule has 0 fully saturated rings. The Labute approximate surface area is 136 Å². The minimum Gasteiger partial charge on any atom is -0.322 e. The molecule has 2 aromatic rings. The molecule has 1 amide bonds. The summed E-state index contributed by atoms with van der Waals surface area (Å²) in [6.45, 7) is 0. The fraction of sp³-hybridized carbons (Fsp3) is 0. The van der Waals surface area contributed by atoms with Crippen LogP contribution in [0, 0.1) is 0 Å². The van der Waals surface area contributed by atoms with Crippen molar-refractivity contribution in [1.82, 2.24) is 0 Å². The molecule has 2 aromatic carbocycles. The summed E-state index contributed by atoms with van der Waals surface area (Å²) in [7, 11) is 1.42. The Morgan fingerprint density at radius 1 is 0.952 bits per heavy atom. The SMILES string of the molecule is O=C(Nc1ccc(S(=O)(=O)Cl)cc1)c1ccc(Cl)c(Cl)c1. The molecule has 0 saturated carbocycles. The summed E-state index contributed by atoms with van der Waals surface area (Å²) in [6.07, 6.45) is 0. The van der Waals surface area contributed by atoms with Gasteiger partial charge in [0.15, 0.2) is 0 Å². The lowest BCUT2D eigenvalue weighted by Crippen LogP contribution is -2.11. The maximum atomic E-state index is 12.0. The van der Waals surface area contributed by atoms with Crippen LogP contribution < -0.4 is 5.32 Å². The van der Waals surface area contributed by atoms with E-state index in [1.165, 1.54) is 42.5 Å². The van der Waals surface area contributed by atoms with Crippen molar-refractivity contribution in [2.75, 3.05) is 5.32 Å². The molecule has 4 nitrogen and oxygen atoms in total. The second-order valence-electron chi connectivity index (χ2n) is 4.05. The topological polar surface area (TPSA) is 63.2 Å². The van der Waals surface area contributed by atoms with Gasteiger partial charge in [0.05, 0.1) is 14.9 Å². The van der Waals surface area contributed by atoms with E-state index < -0.39 is 15.0 Å². The van der Waals surface area contributed by atoms with Crippen LogP contribution in [0.5, 0.6) is 0 Å². The Hall–Kier alpha value is -1.27. The fourth-order valence-electron chi connectivity index (χ4n) is 1.54. The minimum absolute atomic E-state index is 0.0447. The number of carbonyl (C=O) groups is 1. The van der Waals surface area contributed by atoms with Crippen LogP contribution in [0.1, 0.15) is 10.4 Å². The van der Waals surface area contributed by atoms with Gasteiger partial charge >= 0.3 is 0 Å². The summed E-state index contributed by atoms with van der Waals surface area (Å²) in [5, 5.41) is 3.23. The lowest BCUT2D eigenvalue weighted by molar-refractivity contribution is 0.102. The van der Waals surface area contributed by atoms with E-state index in [0.29, 0.717) is 16.3 Å². The van der Waals surface area contributed by atoms with Crippen molar-refractivity contribution in [2.24, 2.45) is 0 Å². The van der Waals surface area contributed by atoms with Crippen molar-refractivity contribution in [1.29, 1.82) is 0 Å². The molecule has 1 N–H and O–H groups in total. The zero-order valence-corrected chi connectivity index (χ0v) is 13.4. The van der Waals surface area contributed by atoms with Crippen LogP contribution in [0.2, 0.25) is 10.0 Å². The van der Waals surface area contributed by atoms with Gasteiger partial charge < -0.3 is 5.32 Å². The van der Waals surface area contributed by atoms with E-state index >= 15 is 0 Å². The summed E-state index contributed by atoms with van der Waals surface area (Å²) in [5.74, 6) is -0.393. The molecule has 0 unspecified atom stereocenters. The molecule has 0 aliphatic rings. The molecule has 21 heavy (non-hydrogen) atoms. The Kier molecular flexibility index (Phi) is 4.78. The van der Waals surface area contributed by atoms with Gasteiger partial charge in [-0.25, -0.2) is 8.42 Å². The van der Waals surface area contributed by atoms with Gasteiger partial charge in [-0.05, 0) is 42.5 Å². The number of hydrogen-bond acceptors (Lipinski definition) is 3. The molecular formula is C13H8Cl3NO3S. The zero-order chi connectivity index (χ0) is 15.6. The van der Waals surface area contributed by atoms with Crippen molar-refractivity contribution in [3.63, 3.8) is 0 Å². The second kappa shape index (κ2) is 6.23. The van der Waals surface area contributed by atoms with E-state index in [2.05, 4.69) is 5.32 Å². The third kappa shape index (κ3) is 4.11. The predicted molar refractivity (Wildman–Crippen MR) is 83.9 cm³/mol. The quantitative estimate of drug-likeness (QED) is 0.831. The summed E-state index contributed by atoms with van der Waals surface area (Å²) >= 11 is 11.6. The van der Waals surface area contributed by atoms with E-state index in [-0.39, 0.29) is 9.92 Å². The predicted octanol–water partition coefficient (Wildman–Crippen LogP) is 4.17. The van der Waals surface area contributed by atoms with E-state index in [1.54, 1.807) is 0 Å². The highest BCUT2D eigenvalue weighted by molar-refractivity contribution is 8.13. The van der Waals surface area contributed by atoms with Crippen LogP contribution in [-0.2, 0) is 9.05 Å². The monoisotopic (exact) mass is 363 g/mol. The van der Waals surface area contributed by atoms with Gasteiger partial charge in [-0.15, -0.1) is 0 Å². The number of rotatable bonds is 3. The van der Waals surface area contributed by atoms with E-state index in [0.717, 1.165) is 0 Å². The molecule has 0 saturated heterocycles. The number of benzene rings is 2. The Morgan fingerprint density at radius 2 is 1.57 bits per heavy atom. The average Bonchev–Trinajstić information content (AvgIpc) is 2.41. The highest BCUT2D eigenvalue weighted by atomic mass is 35.7. The lowest BCUT2D eigenvalue weighted by Gasteiger charge is -2.06. The minimum atomic E-state index is -3.78. The van der Waals surface area contributed by atoms with Gasteiger partial charge in [0.25, 0.3) is 15.0 Å². The molecule has 0 radical (unpaired) electrons. The third-order valence-corrected chi connectivity index (χ3v) is 4.68. The molecule has 0 heterocycles. The number of carbonyl (C=O) groups excluding carboxylic acids is 1. The van der Waals surface area contributed by atoms with E-state index in [4.69, 9.17) is 33.9 Å². The average molecular weight is 365 g/mol. The van der Waals surface area contributed by atoms with Gasteiger partial charge in [0.1, 0.15) is 0 Å². The number of hydrogen-bond donors (Lipinski definition) is 1. The number of halogens is 3. The van der Waals surface area contributed by atoms with Gasteiger partial charge in [-0.3, -0.25) is 4.79 Å². The molecule has 0 aromatic heterocycles. The number of anilines is 1. The number of amides is 1. The van der Waals surface area contributed by atoms with Crippen molar-refractivity contribution < 1.29 is 13.2 Å². The number of nitrogens with one attached hydrogen (secondary N) is 1. The van der Waals surface area contributed by atoms with Crippen LogP contribution in [-0.4, -0.2) is 14.3 Å². The van der Waals surface area contributed by atoms with Crippen LogP contribution in [0.4, 0.5) is 5.69 Å². The Balaban J connectivity index is 2.18. The van der Waals surface area contributed by atoms with Crippen molar-refractivity contribution in [3.05, 3.63) is 58.1 Å². The third-order valence-electron chi connectivity index (χ3n) is 2.58. The molecule has 8 heteroatoms. The molecular weight excluding hydrogens is 357 g/mol. The summed E-state index contributed by atoms with van der Waals surface area (Å²) in [6, 6.07) is 9.95. The Bertz CT molecular complexity index is 789. The first-order valence-corrected chi connectivity index (χ1v) is 8.65. The smallest absolute Gasteiger partial charge is 0.261 e. The molecule has 110 valence electrons. The van der Waals surface area contributed by atoms with Gasteiger partial charge in [0.2, 0.25) is 0 Å². The second-order valence-corrected chi connectivity index (χ2v) is 7.43. The van der Waals surface area contributed by atoms with Crippen molar-refractivity contribution >= 4 is 54.5 Å². The maximum absolute atomic E-state index is 12.0. The van der Waals surface area contributed by atoms with Gasteiger partial charge in [-0.2, -0.15) is 0 Å². The van der Waals surface area contributed by atoms with Gasteiger partial charge in [0, 0.05) is 21.9 Å². The first kappa shape index (κ1) is 16.1. The standard InChI is InChI=1S/C13H8Cl3NO3S/c14-11-6-1-8(7-12(11)15)13(18)17-9-2-4-10(5-3-9)21(16,19)20/h1-7H,(H,17,18). The van der Waals surface area contributed by atoms with E-state index in [9.17, 15) is 13.2 Å². The highest BCUT2D eigenvalue weighted by Crippen LogP contribution is 2.23. The van der Waals surface area contributed by atoms with Crippen LogP contribution in [0.3, 0.4) is 0 Å². The first-order valence-electron chi connectivity index (χ1n) is 5.58. The molecule has 0 spiro atoms. The molecule has 0 bridgehead atoms. The lowest BCUT2D eigenvalue weighted by atomic mass is 10.2. The van der Waals surface area contributed by atoms with Crippen molar-refractivity contribution in [3.8, 4) is 0 Å². The van der Waals surface area contributed by atoms with Crippen LogP contribution >= 0.6 is 33.9 Å². The first-order chi connectivity index (χ1) is 9.77. The van der Waals surface area contributed by atoms with Crippen LogP contribution in [0.15, 0.2) is 47.4 Å². The van der Waals surface area contributed by atoms with Crippen molar-refractivity contribution in [2.45, 2.75) is 4.90 Å². The van der Waals surface area contributed by atoms with Gasteiger partial charge in [-0.1, -0.05) is 23.2 Å². The normalized spacial score (nSPS) is 11.2. The molecule has 2 rings (SSSR count). The van der Waals surface area contributed by atoms with Crippen LogP contribution in [0.25, 0.3) is 0 Å².